The highest BCUT2D eigenvalue weighted by Gasteiger charge is 2.32. The molecule has 6 N–H and O–H groups in total. The highest BCUT2D eigenvalue weighted by atomic mass is 32.1. The normalized spacial score (nSPS) is 12.9. The summed E-state index contributed by atoms with van der Waals surface area (Å²) >= 11 is 1.29. The fourth-order valence-corrected chi connectivity index (χ4v) is 4.82. The van der Waals surface area contributed by atoms with Gasteiger partial charge in [-0.2, -0.15) is 0 Å². The number of hydrogen-bond acceptors (Lipinski definition) is 8. The molecule has 198 valence electrons. The molecule has 2 amide bonds. The lowest BCUT2D eigenvalue weighted by Gasteiger charge is -2.21. The SMILES string of the molecule is Cc1csc(N[C@H](C(=O)Nc2nc3cc(C(N)=O)ccc3n2CC(C)C)C(=O)[C@@H](N)Cc2ccccc2)n1. The van der Waals surface area contributed by atoms with Crippen LogP contribution in [0.25, 0.3) is 11.0 Å². The molecule has 0 unspecified atom stereocenters. The van der Waals surface area contributed by atoms with E-state index in [4.69, 9.17) is 11.5 Å². The van der Waals surface area contributed by atoms with E-state index in [9.17, 15) is 14.4 Å². The maximum absolute atomic E-state index is 13.6. The monoisotopic (exact) mass is 533 g/mol. The zero-order chi connectivity index (χ0) is 27.4. The molecule has 4 aromatic rings. The van der Waals surface area contributed by atoms with Crippen molar-refractivity contribution in [2.24, 2.45) is 17.4 Å². The van der Waals surface area contributed by atoms with E-state index < -0.39 is 29.7 Å². The van der Waals surface area contributed by atoms with Crippen molar-refractivity contribution in [2.75, 3.05) is 10.6 Å². The number of benzene rings is 2. The van der Waals surface area contributed by atoms with E-state index in [1.54, 1.807) is 18.2 Å². The van der Waals surface area contributed by atoms with Crippen molar-refractivity contribution in [3.63, 3.8) is 0 Å². The minimum Gasteiger partial charge on any atom is -0.366 e. The second-order valence-electron chi connectivity index (χ2n) is 9.57. The molecule has 2 heterocycles. The van der Waals surface area contributed by atoms with Crippen molar-refractivity contribution in [1.82, 2.24) is 14.5 Å². The van der Waals surface area contributed by atoms with Crippen LogP contribution in [0, 0.1) is 12.8 Å². The third kappa shape index (κ3) is 6.24. The maximum atomic E-state index is 13.6. The van der Waals surface area contributed by atoms with E-state index in [0.717, 1.165) is 16.8 Å². The average Bonchev–Trinajstić information content (AvgIpc) is 3.44. The van der Waals surface area contributed by atoms with Crippen LogP contribution in [0.1, 0.15) is 35.5 Å². The summed E-state index contributed by atoms with van der Waals surface area (Å²) < 4.78 is 1.85. The quantitative estimate of drug-likeness (QED) is 0.216. The van der Waals surface area contributed by atoms with E-state index in [1.165, 1.54) is 11.3 Å². The Morgan fingerprint density at radius 2 is 1.82 bits per heavy atom. The lowest BCUT2D eigenvalue weighted by molar-refractivity contribution is -0.127. The minimum atomic E-state index is -1.30. The van der Waals surface area contributed by atoms with Crippen LogP contribution < -0.4 is 22.1 Å². The first-order valence-electron chi connectivity index (χ1n) is 12.2. The second kappa shape index (κ2) is 11.5. The summed E-state index contributed by atoms with van der Waals surface area (Å²) in [5.41, 5.74) is 14.9. The zero-order valence-electron chi connectivity index (χ0n) is 21.5. The van der Waals surface area contributed by atoms with Gasteiger partial charge >= 0.3 is 0 Å². The first kappa shape index (κ1) is 27.0. The number of aromatic nitrogens is 3. The molecule has 0 radical (unpaired) electrons. The van der Waals surface area contributed by atoms with Gasteiger partial charge in [0.2, 0.25) is 11.9 Å². The summed E-state index contributed by atoms with van der Waals surface area (Å²) in [7, 11) is 0. The van der Waals surface area contributed by atoms with Crippen molar-refractivity contribution in [3.05, 3.63) is 70.7 Å². The number of fused-ring (bicyclic) bond motifs is 1. The molecular formula is C27H31N7O3S. The number of nitrogens with two attached hydrogens (primary N) is 2. The lowest BCUT2D eigenvalue weighted by atomic mass is 9.98. The van der Waals surface area contributed by atoms with Gasteiger partial charge < -0.3 is 21.4 Å². The van der Waals surface area contributed by atoms with Crippen LogP contribution >= 0.6 is 11.3 Å². The van der Waals surface area contributed by atoms with E-state index in [-0.39, 0.29) is 18.3 Å². The van der Waals surface area contributed by atoms with Gasteiger partial charge in [-0.05, 0) is 43.0 Å². The lowest BCUT2D eigenvalue weighted by Crippen LogP contribution is -2.50. The number of imidazole rings is 1. The number of thiazole rings is 1. The Morgan fingerprint density at radius 1 is 1.08 bits per heavy atom. The van der Waals surface area contributed by atoms with Crippen LogP contribution in [0.5, 0.6) is 0 Å². The fraction of sp³-hybridized carbons (Fsp3) is 0.296. The molecule has 0 saturated carbocycles. The summed E-state index contributed by atoms with van der Waals surface area (Å²) in [4.78, 5) is 47.7. The maximum Gasteiger partial charge on any atom is 0.257 e. The van der Waals surface area contributed by atoms with E-state index in [1.807, 2.05) is 61.1 Å². The van der Waals surface area contributed by atoms with Crippen LogP contribution in [0.15, 0.2) is 53.9 Å². The summed E-state index contributed by atoms with van der Waals surface area (Å²) in [6, 6.07) is 12.1. The number of Topliss-reactive ketones (excluding diaryl/α,β-unsaturated/α-hetero) is 1. The van der Waals surface area contributed by atoms with Gasteiger partial charge in [0.1, 0.15) is 0 Å². The molecule has 0 aliphatic rings. The number of nitrogens with zero attached hydrogens (tertiary/aromatic N) is 3. The molecule has 0 spiro atoms. The molecule has 0 saturated heterocycles. The Bertz CT molecular complexity index is 1460. The Labute approximate surface area is 224 Å². The fourth-order valence-electron chi connectivity index (χ4n) is 4.10. The smallest absolute Gasteiger partial charge is 0.257 e. The first-order chi connectivity index (χ1) is 18.1. The molecule has 0 aliphatic heterocycles. The summed E-state index contributed by atoms with van der Waals surface area (Å²) in [5.74, 6) is -1.17. The predicted molar refractivity (Wildman–Crippen MR) is 149 cm³/mol. The topological polar surface area (TPSA) is 158 Å². The van der Waals surface area contributed by atoms with Gasteiger partial charge in [-0.3, -0.25) is 19.7 Å². The molecule has 4 rings (SSSR count). The number of nitrogens with one attached hydrogen (secondary N) is 2. The van der Waals surface area contributed by atoms with Crippen molar-refractivity contribution < 1.29 is 14.4 Å². The van der Waals surface area contributed by atoms with Crippen molar-refractivity contribution >= 4 is 51.0 Å². The molecule has 2 atom stereocenters. The number of rotatable bonds is 11. The number of primary amides is 1. The molecule has 0 bridgehead atoms. The van der Waals surface area contributed by atoms with Crippen LogP contribution in [0.4, 0.5) is 11.1 Å². The Kier molecular flexibility index (Phi) is 8.18. The molecule has 0 aliphatic carbocycles. The molecule has 2 aromatic heterocycles. The number of amides is 2. The van der Waals surface area contributed by atoms with Gasteiger partial charge in [-0.25, -0.2) is 9.97 Å². The van der Waals surface area contributed by atoms with Crippen LogP contribution in [-0.2, 0) is 22.6 Å². The van der Waals surface area contributed by atoms with E-state index in [0.29, 0.717) is 22.8 Å². The molecule has 11 heteroatoms. The molecular weight excluding hydrogens is 502 g/mol. The number of ketones is 1. The van der Waals surface area contributed by atoms with Gasteiger partial charge in [0.05, 0.1) is 22.8 Å². The van der Waals surface area contributed by atoms with Gasteiger partial charge in [0, 0.05) is 17.5 Å². The zero-order valence-corrected chi connectivity index (χ0v) is 22.3. The third-order valence-corrected chi connectivity index (χ3v) is 6.80. The Balaban J connectivity index is 1.65. The standard InChI is InChI=1S/C27H31N7O3S/c1-15(2)13-34-21-10-9-18(24(29)36)12-20(21)31-26(34)33-25(37)22(32-27-30-16(3)14-38-27)23(35)19(28)11-17-7-5-4-6-8-17/h4-10,12,14-15,19,22H,11,13,28H2,1-3H3,(H2,29,36)(H,30,32)(H,31,33,37)/t19-,22-/m0/s1. The summed E-state index contributed by atoms with van der Waals surface area (Å²) in [6.07, 6.45) is 0.282. The van der Waals surface area contributed by atoms with Gasteiger partial charge in [0.25, 0.3) is 5.91 Å². The van der Waals surface area contributed by atoms with Crippen molar-refractivity contribution in [1.29, 1.82) is 0 Å². The molecule has 2 aromatic carbocycles. The molecule has 0 fully saturated rings. The van der Waals surface area contributed by atoms with Gasteiger partial charge in [0.15, 0.2) is 17.0 Å². The number of anilines is 2. The third-order valence-electron chi connectivity index (χ3n) is 5.91. The number of aryl methyl sites for hydroxylation is 1. The summed E-state index contributed by atoms with van der Waals surface area (Å²) in [6.45, 7) is 6.45. The van der Waals surface area contributed by atoms with Crippen LogP contribution in [0.3, 0.4) is 0 Å². The number of hydrogen-bond donors (Lipinski definition) is 4. The number of carbonyl (C=O) groups is 3. The first-order valence-corrected chi connectivity index (χ1v) is 13.1. The number of carbonyl (C=O) groups excluding carboxylic acids is 3. The summed E-state index contributed by atoms with van der Waals surface area (Å²) in [5, 5.41) is 8.05. The molecule has 38 heavy (non-hydrogen) atoms. The van der Waals surface area contributed by atoms with Crippen molar-refractivity contribution in [2.45, 2.75) is 45.8 Å². The average molecular weight is 534 g/mol. The highest BCUT2D eigenvalue weighted by molar-refractivity contribution is 7.13. The largest absolute Gasteiger partial charge is 0.366 e. The van der Waals surface area contributed by atoms with Crippen molar-refractivity contribution in [3.8, 4) is 0 Å². The highest BCUT2D eigenvalue weighted by Crippen LogP contribution is 2.24. The Morgan fingerprint density at radius 3 is 2.45 bits per heavy atom. The second-order valence-corrected chi connectivity index (χ2v) is 10.4. The van der Waals surface area contributed by atoms with Crippen LogP contribution in [-0.4, -0.2) is 44.2 Å². The Hall–Kier alpha value is -4.09. The molecule has 10 nitrogen and oxygen atoms in total. The van der Waals surface area contributed by atoms with E-state index in [2.05, 4.69) is 20.6 Å². The van der Waals surface area contributed by atoms with Crippen LogP contribution in [0.2, 0.25) is 0 Å². The minimum absolute atomic E-state index is 0.229. The van der Waals surface area contributed by atoms with E-state index >= 15 is 0 Å². The van der Waals surface area contributed by atoms with Gasteiger partial charge in [-0.1, -0.05) is 44.2 Å². The predicted octanol–water partition coefficient (Wildman–Crippen LogP) is 3.11. The van der Waals surface area contributed by atoms with Gasteiger partial charge in [-0.15, -0.1) is 11.3 Å².